The molecule has 0 aromatic carbocycles. The van der Waals surface area contributed by atoms with Gasteiger partial charge in [-0.3, -0.25) is 4.79 Å². The maximum absolute atomic E-state index is 11.0. The van der Waals surface area contributed by atoms with Crippen LogP contribution in [0.3, 0.4) is 0 Å². The largest absolute Gasteiger partial charge is 0.872 e. The van der Waals surface area contributed by atoms with E-state index in [2.05, 4.69) is 9.72 Å². The fourth-order valence-corrected chi connectivity index (χ4v) is 0.821. The van der Waals surface area contributed by atoms with Gasteiger partial charge in [-0.2, -0.15) is 0 Å². The quantitative estimate of drug-likeness (QED) is 0.632. The van der Waals surface area contributed by atoms with Crippen LogP contribution in [0.5, 0.6) is 5.75 Å². The first-order chi connectivity index (χ1) is 6.15. The molecule has 0 spiro atoms. The van der Waals surface area contributed by atoms with E-state index in [0.29, 0.717) is 0 Å². The zero-order valence-electron chi connectivity index (χ0n) is 6.99. The summed E-state index contributed by atoms with van der Waals surface area (Å²) in [5.74, 6) is -1.34. The molecular formula is C8H8NO4-. The lowest BCUT2D eigenvalue weighted by atomic mass is 10.2. The first-order valence-electron chi connectivity index (χ1n) is 3.72. The third kappa shape index (κ3) is 2.08. The fourth-order valence-electron chi connectivity index (χ4n) is 0.821. The lowest BCUT2D eigenvalue weighted by Gasteiger charge is -2.10. The molecule has 0 radical (unpaired) electrons. The third-order valence-corrected chi connectivity index (χ3v) is 1.38. The molecule has 0 aliphatic carbocycles. The molecule has 1 N–H and O–H groups in total. The van der Waals surface area contributed by atoms with E-state index in [4.69, 9.17) is 0 Å². The van der Waals surface area contributed by atoms with Crippen molar-refractivity contribution in [2.24, 2.45) is 0 Å². The van der Waals surface area contributed by atoms with E-state index < -0.39 is 17.3 Å². The molecule has 13 heavy (non-hydrogen) atoms. The van der Waals surface area contributed by atoms with Gasteiger partial charge in [0.2, 0.25) is 5.56 Å². The van der Waals surface area contributed by atoms with Gasteiger partial charge >= 0.3 is 5.97 Å². The van der Waals surface area contributed by atoms with E-state index in [1.807, 2.05) is 0 Å². The maximum Gasteiger partial charge on any atom is 0.338 e. The normalized spacial score (nSPS) is 9.62. The van der Waals surface area contributed by atoms with Gasteiger partial charge in [-0.05, 0) is 13.0 Å². The Morgan fingerprint density at radius 1 is 1.69 bits per heavy atom. The minimum absolute atomic E-state index is 0.151. The lowest BCUT2D eigenvalue weighted by Crippen LogP contribution is -2.14. The maximum atomic E-state index is 11.0. The number of pyridine rings is 1. The lowest BCUT2D eigenvalue weighted by molar-refractivity contribution is -0.269. The van der Waals surface area contributed by atoms with Gasteiger partial charge in [-0.15, -0.1) is 0 Å². The molecule has 0 atom stereocenters. The smallest absolute Gasteiger partial charge is 0.338 e. The van der Waals surface area contributed by atoms with Gasteiger partial charge in [0.25, 0.3) is 0 Å². The molecule has 1 aromatic rings. The van der Waals surface area contributed by atoms with Gasteiger partial charge in [-0.25, -0.2) is 4.79 Å². The Hall–Kier alpha value is -1.78. The minimum Gasteiger partial charge on any atom is -0.872 e. The first kappa shape index (κ1) is 9.31. The van der Waals surface area contributed by atoms with Crippen LogP contribution in [0.25, 0.3) is 0 Å². The molecular weight excluding hydrogens is 174 g/mol. The summed E-state index contributed by atoms with van der Waals surface area (Å²) in [5, 5.41) is 11.0. The summed E-state index contributed by atoms with van der Waals surface area (Å²) in [7, 11) is 0. The van der Waals surface area contributed by atoms with Gasteiger partial charge in [-0.1, -0.05) is 5.75 Å². The van der Waals surface area contributed by atoms with Gasteiger partial charge in [0, 0.05) is 6.20 Å². The Morgan fingerprint density at radius 3 is 2.92 bits per heavy atom. The van der Waals surface area contributed by atoms with Crippen LogP contribution in [0.15, 0.2) is 17.1 Å². The van der Waals surface area contributed by atoms with Crippen LogP contribution < -0.4 is 10.7 Å². The highest BCUT2D eigenvalue weighted by Gasteiger charge is 2.06. The summed E-state index contributed by atoms with van der Waals surface area (Å²) in [6.45, 7) is 1.82. The summed E-state index contributed by atoms with van der Waals surface area (Å²) in [5.41, 5.74) is -0.681. The van der Waals surface area contributed by atoms with Gasteiger partial charge in [0.1, 0.15) is 0 Å². The number of hydrogen-bond acceptors (Lipinski definition) is 4. The second-order valence-corrected chi connectivity index (χ2v) is 2.30. The highest BCUT2D eigenvalue weighted by Crippen LogP contribution is 2.09. The fraction of sp³-hybridized carbons (Fsp3) is 0.250. The van der Waals surface area contributed by atoms with Crippen molar-refractivity contribution in [1.29, 1.82) is 0 Å². The molecule has 0 saturated carbocycles. The number of carbonyl (C=O) groups is 1. The molecule has 1 aromatic heterocycles. The number of aromatic nitrogens is 1. The summed E-state index contributed by atoms with van der Waals surface area (Å²) < 4.78 is 4.59. The van der Waals surface area contributed by atoms with Crippen molar-refractivity contribution in [3.63, 3.8) is 0 Å². The van der Waals surface area contributed by atoms with Crippen LogP contribution in [-0.4, -0.2) is 17.6 Å². The van der Waals surface area contributed by atoms with Crippen LogP contribution in [-0.2, 0) is 4.74 Å². The molecule has 0 amide bonds. The number of hydrogen-bond donors (Lipinski definition) is 1. The first-order valence-corrected chi connectivity index (χ1v) is 3.72. The van der Waals surface area contributed by atoms with Crippen LogP contribution >= 0.6 is 0 Å². The van der Waals surface area contributed by atoms with Gasteiger partial charge < -0.3 is 14.8 Å². The van der Waals surface area contributed by atoms with Crippen molar-refractivity contribution >= 4 is 5.97 Å². The van der Waals surface area contributed by atoms with Crippen molar-refractivity contribution in [3.05, 3.63) is 28.2 Å². The second kappa shape index (κ2) is 3.75. The highest BCUT2D eigenvalue weighted by molar-refractivity contribution is 5.91. The standard InChI is InChI=1S/C8H9NO4/c1-2-13-8(12)5-4-9-7(11)3-6(5)10/h3-4H,2H2,1H3,(H2,9,10,11)/p-1. The van der Waals surface area contributed by atoms with Crippen molar-refractivity contribution < 1.29 is 14.6 Å². The second-order valence-electron chi connectivity index (χ2n) is 2.30. The van der Waals surface area contributed by atoms with E-state index in [1.54, 1.807) is 6.92 Å². The number of nitrogens with one attached hydrogen (secondary N) is 1. The summed E-state index contributed by atoms with van der Waals surface area (Å²) in [4.78, 5) is 23.9. The predicted molar refractivity (Wildman–Crippen MR) is 42.5 cm³/mol. The van der Waals surface area contributed by atoms with Crippen LogP contribution in [0, 0.1) is 0 Å². The SMILES string of the molecule is CCOC(=O)c1c[nH]c(=O)cc1[O-]. The Labute approximate surface area is 74.0 Å². The van der Waals surface area contributed by atoms with Crippen molar-refractivity contribution in [3.8, 4) is 5.75 Å². The molecule has 0 aliphatic heterocycles. The summed E-state index contributed by atoms with van der Waals surface area (Å²) in [6.07, 6.45) is 1.06. The Balaban J connectivity index is 3.02. The monoisotopic (exact) mass is 182 g/mol. The molecule has 0 aliphatic rings. The molecule has 0 saturated heterocycles. The average Bonchev–Trinajstić information content (AvgIpc) is 2.04. The van der Waals surface area contributed by atoms with Crippen LogP contribution in [0.1, 0.15) is 17.3 Å². The van der Waals surface area contributed by atoms with Crippen LogP contribution in [0.2, 0.25) is 0 Å². The summed E-state index contributed by atoms with van der Waals surface area (Å²) >= 11 is 0. The van der Waals surface area contributed by atoms with Gasteiger partial charge in [0.15, 0.2) is 0 Å². The van der Waals surface area contributed by atoms with Gasteiger partial charge in [0.05, 0.1) is 12.2 Å². The van der Waals surface area contributed by atoms with Crippen molar-refractivity contribution in [2.75, 3.05) is 6.61 Å². The van der Waals surface area contributed by atoms with Crippen molar-refractivity contribution in [2.45, 2.75) is 6.92 Å². The number of rotatable bonds is 2. The number of aromatic amines is 1. The topological polar surface area (TPSA) is 82.2 Å². The average molecular weight is 182 g/mol. The number of carbonyl (C=O) groups excluding carboxylic acids is 1. The minimum atomic E-state index is -0.719. The van der Waals surface area contributed by atoms with E-state index in [-0.39, 0.29) is 12.2 Å². The highest BCUT2D eigenvalue weighted by atomic mass is 16.5. The Bertz CT molecular complexity index is 369. The molecule has 70 valence electrons. The zero-order chi connectivity index (χ0) is 9.84. The Morgan fingerprint density at radius 2 is 2.38 bits per heavy atom. The van der Waals surface area contributed by atoms with E-state index in [1.165, 1.54) is 0 Å². The summed E-state index contributed by atoms with van der Waals surface area (Å²) in [6, 6.07) is 0.812. The number of H-pyrrole nitrogens is 1. The van der Waals surface area contributed by atoms with E-state index in [0.717, 1.165) is 12.3 Å². The molecule has 1 heterocycles. The molecule has 1 rings (SSSR count). The zero-order valence-corrected chi connectivity index (χ0v) is 6.99. The molecule has 0 fully saturated rings. The predicted octanol–water partition coefficient (Wildman–Crippen LogP) is -0.375. The third-order valence-electron chi connectivity index (χ3n) is 1.38. The Kier molecular flexibility index (Phi) is 2.69. The van der Waals surface area contributed by atoms with Crippen molar-refractivity contribution in [1.82, 2.24) is 4.98 Å². The molecule has 0 bridgehead atoms. The molecule has 0 unspecified atom stereocenters. The molecule has 5 nitrogen and oxygen atoms in total. The number of esters is 1. The number of ether oxygens (including phenoxy) is 1. The van der Waals surface area contributed by atoms with Crippen LogP contribution in [0.4, 0.5) is 0 Å². The van der Waals surface area contributed by atoms with E-state index >= 15 is 0 Å². The molecule has 5 heteroatoms. The van der Waals surface area contributed by atoms with E-state index in [9.17, 15) is 14.7 Å².